The van der Waals surface area contributed by atoms with Gasteiger partial charge in [0.1, 0.15) is 23.9 Å². The van der Waals surface area contributed by atoms with E-state index < -0.39 is 85.2 Å². The number of hydrogen-bond acceptors (Lipinski definition) is 9. The highest BCUT2D eigenvalue weighted by molar-refractivity contribution is 5.90. The Morgan fingerprint density at radius 2 is 1.30 bits per heavy atom. The van der Waals surface area contributed by atoms with Crippen molar-refractivity contribution in [3.8, 4) is 5.75 Å². The summed E-state index contributed by atoms with van der Waals surface area (Å²) in [5, 5.41) is 55.0. The number of carbonyl (C=O) groups excluding carboxylic acids is 3. The summed E-state index contributed by atoms with van der Waals surface area (Å²) in [6.07, 6.45) is -1.17. The Labute approximate surface area is 252 Å². The van der Waals surface area contributed by atoms with Crippen LogP contribution in [0.5, 0.6) is 5.75 Å². The van der Waals surface area contributed by atoms with Gasteiger partial charge in [-0.1, -0.05) is 12.1 Å². The maximum Gasteiger partial charge on any atom is 0.326 e. The van der Waals surface area contributed by atoms with Gasteiger partial charge in [0, 0.05) is 19.4 Å². The Morgan fingerprint density at radius 1 is 0.750 bits per heavy atom. The Bertz CT molecular complexity index is 1210. The fourth-order valence-corrected chi connectivity index (χ4v) is 3.96. The fraction of sp³-hybridized carbons (Fsp3) is 0.519. The molecular weight excluding hydrogens is 586 g/mol. The third kappa shape index (κ3) is 14.3. The van der Waals surface area contributed by atoms with Crippen molar-refractivity contribution >= 4 is 41.7 Å². The number of carboxylic acid groups (broad SMARTS) is 4. The van der Waals surface area contributed by atoms with Crippen molar-refractivity contribution in [3.63, 3.8) is 0 Å². The van der Waals surface area contributed by atoms with Crippen molar-refractivity contribution in [2.75, 3.05) is 6.54 Å². The molecule has 0 heterocycles. The Morgan fingerprint density at radius 3 is 1.82 bits per heavy atom. The molecule has 0 radical (unpaired) electrons. The number of carboxylic acids is 4. The lowest BCUT2D eigenvalue weighted by atomic mass is 10.0. The van der Waals surface area contributed by atoms with Crippen LogP contribution in [0.3, 0.4) is 0 Å². The van der Waals surface area contributed by atoms with Crippen LogP contribution in [0, 0.1) is 6.92 Å². The number of amides is 4. The molecule has 0 saturated heterocycles. The van der Waals surface area contributed by atoms with E-state index in [-0.39, 0.29) is 44.4 Å². The molecule has 0 aliphatic rings. The minimum absolute atomic E-state index is 0.0198. The van der Waals surface area contributed by atoms with Crippen LogP contribution in [0.25, 0.3) is 0 Å². The minimum Gasteiger partial charge on any atom is -0.508 e. The molecule has 0 saturated carbocycles. The third-order valence-corrected chi connectivity index (χ3v) is 6.41. The summed E-state index contributed by atoms with van der Waals surface area (Å²) in [6, 6.07) is -1.65. The predicted molar refractivity (Wildman–Crippen MR) is 152 cm³/mol. The van der Waals surface area contributed by atoms with Gasteiger partial charge in [-0.15, -0.1) is 0 Å². The topological polar surface area (TPSA) is 295 Å². The molecule has 0 aliphatic heterocycles. The second kappa shape index (κ2) is 18.6. The highest BCUT2D eigenvalue weighted by atomic mass is 16.4. The van der Waals surface area contributed by atoms with Crippen LogP contribution in [-0.4, -0.2) is 98.0 Å². The van der Waals surface area contributed by atoms with E-state index in [0.29, 0.717) is 11.1 Å². The fourth-order valence-electron chi connectivity index (χ4n) is 3.96. The van der Waals surface area contributed by atoms with Crippen molar-refractivity contribution in [2.45, 2.75) is 82.5 Å². The van der Waals surface area contributed by atoms with E-state index in [1.807, 2.05) is 5.32 Å². The molecular formula is C27H39N5O12. The highest BCUT2D eigenvalue weighted by Gasteiger charge is 2.26. The normalized spacial score (nSPS) is 13.4. The summed E-state index contributed by atoms with van der Waals surface area (Å²) in [6.45, 7) is 1.70. The Balaban J connectivity index is 2.62. The molecule has 0 aromatic heterocycles. The van der Waals surface area contributed by atoms with E-state index in [2.05, 4.69) is 16.0 Å². The van der Waals surface area contributed by atoms with Crippen molar-refractivity contribution in [2.24, 2.45) is 5.73 Å². The first-order valence-corrected chi connectivity index (χ1v) is 13.7. The smallest absolute Gasteiger partial charge is 0.326 e. The molecule has 4 atom stereocenters. The van der Waals surface area contributed by atoms with Crippen molar-refractivity contribution < 1.29 is 59.1 Å². The highest BCUT2D eigenvalue weighted by Crippen LogP contribution is 2.17. The van der Waals surface area contributed by atoms with Gasteiger partial charge in [0.2, 0.25) is 11.8 Å². The van der Waals surface area contributed by atoms with Crippen LogP contribution < -0.4 is 27.0 Å². The number of rotatable bonds is 20. The van der Waals surface area contributed by atoms with Gasteiger partial charge in [-0.25, -0.2) is 14.4 Å². The number of hydrogen-bond donors (Lipinski definition) is 10. The number of phenols is 1. The van der Waals surface area contributed by atoms with E-state index in [1.54, 1.807) is 19.1 Å². The molecule has 244 valence electrons. The summed E-state index contributed by atoms with van der Waals surface area (Å²) >= 11 is 0. The van der Waals surface area contributed by atoms with E-state index >= 15 is 0 Å². The first kappa shape index (κ1) is 37.1. The molecule has 0 bridgehead atoms. The van der Waals surface area contributed by atoms with Gasteiger partial charge in [-0.2, -0.15) is 0 Å². The second-order valence-electron chi connectivity index (χ2n) is 10.0. The molecule has 4 amide bonds. The van der Waals surface area contributed by atoms with Gasteiger partial charge in [-0.05, 0) is 62.6 Å². The zero-order valence-corrected chi connectivity index (χ0v) is 24.1. The number of urea groups is 1. The van der Waals surface area contributed by atoms with Crippen LogP contribution in [0.15, 0.2) is 18.2 Å². The van der Waals surface area contributed by atoms with E-state index in [0.717, 1.165) is 0 Å². The molecule has 1 rings (SSSR count). The van der Waals surface area contributed by atoms with Gasteiger partial charge < -0.3 is 52.5 Å². The van der Waals surface area contributed by atoms with Gasteiger partial charge >= 0.3 is 29.9 Å². The molecule has 44 heavy (non-hydrogen) atoms. The van der Waals surface area contributed by atoms with Crippen molar-refractivity contribution in [3.05, 3.63) is 29.3 Å². The number of aliphatic carboxylic acids is 4. The SMILES string of the molecule is Cc1cc(CC(N)C(=O)NC(CCC(=O)O)C(=O)NCCCC[C@H](NC(=O)N[C@@H](CCC(=O)O)C(=O)O)C(=O)O)ccc1O. The summed E-state index contributed by atoms with van der Waals surface area (Å²) in [5.41, 5.74) is 7.23. The Kier molecular flexibility index (Phi) is 15.7. The third-order valence-electron chi connectivity index (χ3n) is 6.41. The predicted octanol–water partition coefficient (Wildman–Crippen LogP) is -0.723. The largest absolute Gasteiger partial charge is 0.508 e. The minimum atomic E-state index is -1.54. The number of benzene rings is 1. The molecule has 0 spiro atoms. The number of unbranched alkanes of at least 4 members (excludes halogenated alkanes) is 1. The zero-order valence-electron chi connectivity index (χ0n) is 24.1. The van der Waals surface area contributed by atoms with Gasteiger partial charge in [0.05, 0.1) is 6.04 Å². The average Bonchev–Trinajstić information content (AvgIpc) is 2.93. The number of aryl methyl sites for hydroxylation is 1. The monoisotopic (exact) mass is 625 g/mol. The van der Waals surface area contributed by atoms with Crippen molar-refractivity contribution in [1.29, 1.82) is 0 Å². The van der Waals surface area contributed by atoms with Crippen molar-refractivity contribution in [1.82, 2.24) is 21.3 Å². The van der Waals surface area contributed by atoms with Gasteiger partial charge in [0.25, 0.3) is 0 Å². The summed E-state index contributed by atoms with van der Waals surface area (Å²) in [4.78, 5) is 82.0. The first-order valence-electron chi connectivity index (χ1n) is 13.7. The lowest BCUT2D eigenvalue weighted by molar-refractivity contribution is -0.141. The average molecular weight is 626 g/mol. The summed E-state index contributed by atoms with van der Waals surface area (Å²) in [5.74, 6) is -6.64. The maximum absolute atomic E-state index is 12.7. The first-order chi connectivity index (χ1) is 20.6. The van der Waals surface area contributed by atoms with Crippen LogP contribution in [-0.2, 0) is 35.2 Å². The molecule has 1 aromatic rings. The number of nitrogens with one attached hydrogen (secondary N) is 4. The standard InChI is InChI=1S/C27H39N5O12/c1-14-12-15(5-8-20(14)33)13-16(28)23(38)30-17(6-9-21(34)35)24(39)29-11-3-2-4-18(25(40)41)31-27(44)32-19(26(42)43)7-10-22(36)37/h5,8,12,16-19,33H,2-4,6-7,9-11,13,28H2,1H3,(H,29,39)(H,30,38)(H,34,35)(H,36,37)(H,40,41)(H,42,43)(H2,31,32,44)/t16?,17?,18-,19-/m0/s1. The van der Waals surface area contributed by atoms with Gasteiger partial charge in [0.15, 0.2) is 0 Å². The second-order valence-corrected chi connectivity index (χ2v) is 10.0. The van der Waals surface area contributed by atoms with Crippen LogP contribution in [0.1, 0.15) is 56.1 Å². The Hall–Kier alpha value is -4.93. The van der Waals surface area contributed by atoms with E-state index in [1.165, 1.54) is 6.07 Å². The summed E-state index contributed by atoms with van der Waals surface area (Å²) in [7, 11) is 0. The molecule has 2 unspecified atom stereocenters. The molecule has 17 heteroatoms. The molecule has 1 aromatic carbocycles. The van der Waals surface area contributed by atoms with Crippen LogP contribution >= 0.6 is 0 Å². The quantitative estimate of drug-likeness (QED) is 0.0801. The number of nitrogens with two attached hydrogens (primary N) is 1. The molecule has 0 aliphatic carbocycles. The lowest BCUT2D eigenvalue weighted by Crippen LogP contribution is -2.52. The molecule has 0 fully saturated rings. The number of aromatic hydroxyl groups is 1. The summed E-state index contributed by atoms with van der Waals surface area (Å²) < 4.78 is 0. The maximum atomic E-state index is 12.7. The number of phenolic OH excluding ortho intramolecular Hbond substituents is 1. The van der Waals surface area contributed by atoms with E-state index in [4.69, 9.17) is 21.1 Å². The zero-order chi connectivity index (χ0) is 33.4. The molecule has 11 N–H and O–H groups in total. The number of carbonyl (C=O) groups is 7. The van der Waals surface area contributed by atoms with Crippen LogP contribution in [0.4, 0.5) is 4.79 Å². The van der Waals surface area contributed by atoms with E-state index in [9.17, 15) is 43.8 Å². The lowest BCUT2D eigenvalue weighted by Gasteiger charge is -2.21. The van der Waals surface area contributed by atoms with Crippen LogP contribution in [0.2, 0.25) is 0 Å². The molecule has 17 nitrogen and oxygen atoms in total. The van der Waals surface area contributed by atoms with Gasteiger partial charge in [-0.3, -0.25) is 19.2 Å².